The summed E-state index contributed by atoms with van der Waals surface area (Å²) in [4.78, 5) is 7.21. The van der Waals surface area contributed by atoms with Gasteiger partial charge in [-0.3, -0.25) is 0 Å². The molecule has 94 valence electrons. The predicted octanol–water partition coefficient (Wildman–Crippen LogP) is 1.64. The van der Waals surface area contributed by atoms with Gasteiger partial charge in [-0.2, -0.15) is 13.2 Å². The first-order valence-electron chi connectivity index (χ1n) is 5.37. The maximum atomic E-state index is 12.4. The zero-order valence-corrected chi connectivity index (χ0v) is 9.04. The summed E-state index contributed by atoms with van der Waals surface area (Å²) in [6.45, 7) is 0.365. The molecule has 0 saturated heterocycles. The third-order valence-corrected chi connectivity index (χ3v) is 2.71. The summed E-state index contributed by atoms with van der Waals surface area (Å²) in [7, 11) is 0. The van der Waals surface area contributed by atoms with E-state index < -0.39 is 11.9 Å². The highest BCUT2D eigenvalue weighted by atomic mass is 19.4. The Hall–Kier alpha value is -1.37. The summed E-state index contributed by atoms with van der Waals surface area (Å²) in [5, 5.41) is 2.86. The lowest BCUT2D eigenvalue weighted by Crippen LogP contribution is -2.31. The molecule has 1 aliphatic rings. The summed E-state index contributed by atoms with van der Waals surface area (Å²) in [5.41, 5.74) is 4.60. The van der Waals surface area contributed by atoms with Crippen LogP contribution in [0, 0.1) is 5.92 Å². The average molecular weight is 246 g/mol. The van der Waals surface area contributed by atoms with Gasteiger partial charge in [0.2, 0.25) is 5.95 Å². The van der Waals surface area contributed by atoms with E-state index in [0.29, 0.717) is 12.5 Å². The molecule has 4 nitrogen and oxygen atoms in total. The van der Waals surface area contributed by atoms with Gasteiger partial charge in [0.05, 0.1) is 0 Å². The normalized spacial score (nSPS) is 17.9. The molecule has 1 aliphatic carbocycles. The van der Waals surface area contributed by atoms with E-state index in [-0.39, 0.29) is 12.0 Å². The number of aromatic nitrogens is 2. The summed E-state index contributed by atoms with van der Waals surface area (Å²) in [6, 6.07) is 0.804. The molecule has 1 heterocycles. The van der Waals surface area contributed by atoms with Crippen LogP contribution in [-0.2, 0) is 6.18 Å². The van der Waals surface area contributed by atoms with Gasteiger partial charge in [0, 0.05) is 18.8 Å². The van der Waals surface area contributed by atoms with E-state index in [9.17, 15) is 13.2 Å². The van der Waals surface area contributed by atoms with E-state index in [0.717, 1.165) is 25.1 Å². The van der Waals surface area contributed by atoms with Crippen molar-refractivity contribution in [2.45, 2.75) is 25.1 Å². The fraction of sp³-hybridized carbons (Fsp3) is 0.600. The third-order valence-electron chi connectivity index (χ3n) is 2.71. The molecule has 2 rings (SSSR count). The molecular formula is C10H13F3N4. The van der Waals surface area contributed by atoms with Gasteiger partial charge in [0.1, 0.15) is 5.69 Å². The Labute approximate surface area is 96.4 Å². The minimum atomic E-state index is -4.45. The van der Waals surface area contributed by atoms with Crippen molar-refractivity contribution in [2.24, 2.45) is 11.7 Å². The second kappa shape index (κ2) is 4.48. The zero-order valence-electron chi connectivity index (χ0n) is 9.04. The van der Waals surface area contributed by atoms with E-state index in [1.54, 1.807) is 0 Å². The fourth-order valence-corrected chi connectivity index (χ4v) is 1.62. The van der Waals surface area contributed by atoms with Crippen LogP contribution in [0.4, 0.5) is 19.1 Å². The highest BCUT2D eigenvalue weighted by molar-refractivity contribution is 5.28. The van der Waals surface area contributed by atoms with Crippen molar-refractivity contribution >= 4 is 5.95 Å². The molecule has 0 radical (unpaired) electrons. The number of hydrogen-bond acceptors (Lipinski definition) is 4. The first kappa shape index (κ1) is 12.1. The smallest absolute Gasteiger partial charge is 0.350 e. The third kappa shape index (κ3) is 3.06. The van der Waals surface area contributed by atoms with Crippen molar-refractivity contribution in [1.82, 2.24) is 9.97 Å². The summed E-state index contributed by atoms with van der Waals surface area (Å²) >= 11 is 0. The molecule has 0 amide bonds. The number of nitrogens with zero attached hydrogens (tertiary/aromatic N) is 2. The molecule has 0 bridgehead atoms. The first-order valence-corrected chi connectivity index (χ1v) is 5.37. The van der Waals surface area contributed by atoms with Crippen LogP contribution in [0.15, 0.2) is 12.3 Å². The van der Waals surface area contributed by atoms with Crippen molar-refractivity contribution in [3.8, 4) is 0 Å². The first-order chi connectivity index (χ1) is 8.00. The molecule has 0 aromatic carbocycles. The highest BCUT2D eigenvalue weighted by Crippen LogP contribution is 2.33. The lowest BCUT2D eigenvalue weighted by atomic mass is 10.2. The Balaban J connectivity index is 2.10. The monoisotopic (exact) mass is 246 g/mol. The summed E-state index contributed by atoms with van der Waals surface area (Å²) in [6.07, 6.45) is -1.25. The lowest BCUT2D eigenvalue weighted by molar-refractivity contribution is -0.141. The molecule has 0 spiro atoms. The van der Waals surface area contributed by atoms with Crippen molar-refractivity contribution in [3.63, 3.8) is 0 Å². The molecule has 1 fully saturated rings. The number of nitrogens with one attached hydrogen (secondary N) is 1. The van der Waals surface area contributed by atoms with Crippen LogP contribution < -0.4 is 11.1 Å². The van der Waals surface area contributed by atoms with Crippen molar-refractivity contribution in [2.75, 3.05) is 11.9 Å². The molecule has 1 unspecified atom stereocenters. The zero-order chi connectivity index (χ0) is 12.5. The number of nitrogens with two attached hydrogens (primary N) is 1. The maximum Gasteiger partial charge on any atom is 0.433 e. The number of alkyl halides is 3. The molecule has 7 heteroatoms. The largest absolute Gasteiger partial charge is 0.433 e. The molecule has 1 aromatic rings. The van der Waals surface area contributed by atoms with Crippen molar-refractivity contribution < 1.29 is 13.2 Å². The van der Waals surface area contributed by atoms with Gasteiger partial charge < -0.3 is 11.1 Å². The minimum absolute atomic E-state index is 0.0119. The van der Waals surface area contributed by atoms with Crippen LogP contribution in [0.5, 0.6) is 0 Å². The molecule has 1 atom stereocenters. The second-order valence-corrected chi connectivity index (χ2v) is 4.09. The SMILES string of the molecule is NCC(Nc1nccc(C(F)(F)F)n1)C1CC1. The van der Waals surface area contributed by atoms with E-state index in [4.69, 9.17) is 5.73 Å². The predicted molar refractivity (Wildman–Crippen MR) is 56.2 cm³/mol. The molecule has 3 N–H and O–H groups in total. The average Bonchev–Trinajstić information content (AvgIpc) is 3.09. The van der Waals surface area contributed by atoms with Gasteiger partial charge in [0.25, 0.3) is 0 Å². The highest BCUT2D eigenvalue weighted by Gasteiger charge is 2.34. The second-order valence-electron chi connectivity index (χ2n) is 4.09. The molecule has 1 aromatic heterocycles. The quantitative estimate of drug-likeness (QED) is 0.847. The van der Waals surface area contributed by atoms with E-state index in [1.165, 1.54) is 0 Å². The Kier molecular flexibility index (Phi) is 3.19. The Bertz CT molecular complexity index is 389. The van der Waals surface area contributed by atoms with Crippen LogP contribution in [0.3, 0.4) is 0 Å². The number of halogens is 3. The van der Waals surface area contributed by atoms with E-state index >= 15 is 0 Å². The maximum absolute atomic E-state index is 12.4. The van der Waals surface area contributed by atoms with Crippen molar-refractivity contribution in [1.29, 1.82) is 0 Å². The van der Waals surface area contributed by atoms with Gasteiger partial charge in [-0.1, -0.05) is 0 Å². The van der Waals surface area contributed by atoms with Crippen LogP contribution in [0.2, 0.25) is 0 Å². The summed E-state index contributed by atoms with van der Waals surface area (Å²) < 4.78 is 37.2. The van der Waals surface area contributed by atoms with Gasteiger partial charge in [-0.15, -0.1) is 0 Å². The molecule has 1 saturated carbocycles. The van der Waals surface area contributed by atoms with Gasteiger partial charge >= 0.3 is 6.18 Å². The summed E-state index contributed by atoms with van der Waals surface area (Å²) in [5.74, 6) is 0.417. The number of anilines is 1. The van der Waals surface area contributed by atoms with E-state index in [2.05, 4.69) is 15.3 Å². The van der Waals surface area contributed by atoms with Gasteiger partial charge in [0.15, 0.2) is 0 Å². The van der Waals surface area contributed by atoms with Crippen LogP contribution in [0.1, 0.15) is 18.5 Å². The Morgan fingerprint density at radius 1 is 1.47 bits per heavy atom. The fourth-order valence-electron chi connectivity index (χ4n) is 1.62. The minimum Gasteiger partial charge on any atom is -0.350 e. The van der Waals surface area contributed by atoms with Crippen LogP contribution in [-0.4, -0.2) is 22.6 Å². The van der Waals surface area contributed by atoms with Crippen LogP contribution >= 0.6 is 0 Å². The Morgan fingerprint density at radius 3 is 2.71 bits per heavy atom. The lowest BCUT2D eigenvalue weighted by Gasteiger charge is -2.16. The standard InChI is InChI=1S/C10H13F3N4/c11-10(12,13)8-3-4-15-9(17-8)16-7(5-14)6-1-2-6/h3-4,6-7H,1-2,5,14H2,(H,15,16,17). The van der Waals surface area contributed by atoms with Gasteiger partial charge in [-0.25, -0.2) is 9.97 Å². The van der Waals surface area contributed by atoms with Crippen molar-refractivity contribution in [3.05, 3.63) is 18.0 Å². The number of hydrogen-bond donors (Lipinski definition) is 2. The molecule has 0 aliphatic heterocycles. The Morgan fingerprint density at radius 2 is 2.18 bits per heavy atom. The molecular weight excluding hydrogens is 233 g/mol. The van der Waals surface area contributed by atoms with Gasteiger partial charge in [-0.05, 0) is 24.8 Å². The van der Waals surface area contributed by atoms with E-state index in [1.807, 2.05) is 0 Å². The number of rotatable bonds is 4. The molecule has 17 heavy (non-hydrogen) atoms. The topological polar surface area (TPSA) is 63.8 Å². The van der Waals surface area contributed by atoms with Crippen LogP contribution in [0.25, 0.3) is 0 Å².